The van der Waals surface area contributed by atoms with E-state index in [9.17, 15) is 9.59 Å². The highest BCUT2D eigenvalue weighted by molar-refractivity contribution is 5.81. The van der Waals surface area contributed by atoms with Gasteiger partial charge in [-0.3, -0.25) is 9.59 Å². The van der Waals surface area contributed by atoms with Crippen molar-refractivity contribution in [3.63, 3.8) is 0 Å². The second-order valence-electron chi connectivity index (χ2n) is 5.84. The Morgan fingerprint density at radius 1 is 0.800 bits per heavy atom. The van der Waals surface area contributed by atoms with Crippen LogP contribution < -0.4 is 10.6 Å². The average molecular weight is 282 g/mol. The largest absolute Gasteiger partial charge is 0.356 e. The van der Waals surface area contributed by atoms with E-state index in [1.807, 2.05) is 0 Å². The predicted octanol–water partition coefficient (Wildman–Crippen LogP) is 2.63. The SMILES string of the molecule is CCCCNC(=O)C1CCC(C(=O)NCCCC)CC1. The minimum Gasteiger partial charge on any atom is -0.356 e. The maximum atomic E-state index is 11.9. The summed E-state index contributed by atoms with van der Waals surface area (Å²) < 4.78 is 0. The highest BCUT2D eigenvalue weighted by Crippen LogP contribution is 2.29. The van der Waals surface area contributed by atoms with Crippen molar-refractivity contribution in [2.75, 3.05) is 13.1 Å². The van der Waals surface area contributed by atoms with E-state index in [4.69, 9.17) is 0 Å². The molecule has 2 N–H and O–H groups in total. The molecule has 1 aliphatic carbocycles. The lowest BCUT2D eigenvalue weighted by Gasteiger charge is -2.27. The molecule has 0 spiro atoms. The molecular formula is C16H30N2O2. The van der Waals surface area contributed by atoms with Gasteiger partial charge in [0.25, 0.3) is 0 Å². The lowest BCUT2D eigenvalue weighted by Crippen LogP contribution is -2.38. The van der Waals surface area contributed by atoms with Crippen LogP contribution in [0.5, 0.6) is 0 Å². The quantitative estimate of drug-likeness (QED) is 0.672. The fourth-order valence-corrected chi connectivity index (χ4v) is 2.68. The summed E-state index contributed by atoms with van der Waals surface area (Å²) in [5.41, 5.74) is 0. The zero-order valence-corrected chi connectivity index (χ0v) is 13.0. The minimum atomic E-state index is 0.117. The highest BCUT2D eigenvalue weighted by atomic mass is 16.2. The van der Waals surface area contributed by atoms with Crippen molar-refractivity contribution >= 4 is 11.8 Å². The molecule has 1 saturated carbocycles. The molecule has 0 aromatic carbocycles. The maximum Gasteiger partial charge on any atom is 0.223 e. The molecule has 1 fully saturated rings. The third-order valence-electron chi connectivity index (χ3n) is 4.13. The molecule has 0 aromatic rings. The van der Waals surface area contributed by atoms with Crippen LogP contribution in [0.25, 0.3) is 0 Å². The molecule has 1 aliphatic rings. The molecule has 1 rings (SSSR count). The van der Waals surface area contributed by atoms with Gasteiger partial charge in [-0.1, -0.05) is 26.7 Å². The molecule has 2 amide bonds. The van der Waals surface area contributed by atoms with Crippen molar-refractivity contribution in [1.29, 1.82) is 0 Å². The first-order valence-corrected chi connectivity index (χ1v) is 8.24. The van der Waals surface area contributed by atoms with Crippen LogP contribution in [0.3, 0.4) is 0 Å². The van der Waals surface area contributed by atoms with Crippen molar-refractivity contribution in [3.8, 4) is 0 Å². The second kappa shape index (κ2) is 9.78. The van der Waals surface area contributed by atoms with E-state index >= 15 is 0 Å². The first-order chi connectivity index (χ1) is 9.69. The van der Waals surface area contributed by atoms with E-state index in [0.717, 1.165) is 64.5 Å². The summed E-state index contributed by atoms with van der Waals surface area (Å²) in [5, 5.41) is 6.00. The van der Waals surface area contributed by atoms with Crippen molar-refractivity contribution < 1.29 is 9.59 Å². The monoisotopic (exact) mass is 282 g/mol. The molecule has 0 heterocycles. The number of hydrogen-bond acceptors (Lipinski definition) is 2. The van der Waals surface area contributed by atoms with Crippen LogP contribution in [-0.4, -0.2) is 24.9 Å². The zero-order chi connectivity index (χ0) is 14.8. The third-order valence-corrected chi connectivity index (χ3v) is 4.13. The minimum absolute atomic E-state index is 0.117. The van der Waals surface area contributed by atoms with Gasteiger partial charge in [0.15, 0.2) is 0 Å². The van der Waals surface area contributed by atoms with Gasteiger partial charge in [0.1, 0.15) is 0 Å². The molecule has 4 heteroatoms. The van der Waals surface area contributed by atoms with Crippen LogP contribution >= 0.6 is 0 Å². The van der Waals surface area contributed by atoms with Crippen molar-refractivity contribution in [3.05, 3.63) is 0 Å². The topological polar surface area (TPSA) is 58.2 Å². The zero-order valence-electron chi connectivity index (χ0n) is 13.0. The number of carbonyl (C=O) groups is 2. The lowest BCUT2D eigenvalue weighted by atomic mass is 9.81. The molecule has 4 nitrogen and oxygen atoms in total. The molecule has 116 valence electrons. The van der Waals surface area contributed by atoms with Crippen molar-refractivity contribution in [2.24, 2.45) is 11.8 Å². The van der Waals surface area contributed by atoms with Gasteiger partial charge in [0.05, 0.1) is 0 Å². The molecule has 0 unspecified atom stereocenters. The predicted molar refractivity (Wildman–Crippen MR) is 81.3 cm³/mol. The summed E-state index contributed by atoms with van der Waals surface area (Å²) in [4.78, 5) is 23.9. The summed E-state index contributed by atoms with van der Waals surface area (Å²) in [6.45, 7) is 5.81. The summed E-state index contributed by atoms with van der Waals surface area (Å²) in [5.74, 6) is 0.602. The molecule has 0 radical (unpaired) electrons. The van der Waals surface area contributed by atoms with E-state index in [-0.39, 0.29) is 23.7 Å². The van der Waals surface area contributed by atoms with Gasteiger partial charge in [0.2, 0.25) is 11.8 Å². The van der Waals surface area contributed by atoms with Crippen LogP contribution in [0.1, 0.15) is 65.2 Å². The van der Waals surface area contributed by atoms with Crippen LogP contribution in [0.2, 0.25) is 0 Å². The molecule has 20 heavy (non-hydrogen) atoms. The lowest BCUT2D eigenvalue weighted by molar-refractivity contribution is -0.130. The standard InChI is InChI=1S/C16H30N2O2/c1-3-5-11-17-15(19)13-7-9-14(10-8-13)16(20)18-12-6-4-2/h13-14H,3-12H2,1-2H3,(H,17,19)(H,18,20). The molecular weight excluding hydrogens is 252 g/mol. The number of unbranched alkanes of at least 4 members (excludes halogenated alkanes) is 2. The number of nitrogens with one attached hydrogen (secondary N) is 2. The molecule has 0 saturated heterocycles. The van der Waals surface area contributed by atoms with Gasteiger partial charge in [-0.05, 0) is 38.5 Å². The van der Waals surface area contributed by atoms with E-state index < -0.39 is 0 Å². The van der Waals surface area contributed by atoms with Gasteiger partial charge >= 0.3 is 0 Å². The number of amides is 2. The van der Waals surface area contributed by atoms with E-state index in [1.54, 1.807) is 0 Å². The fraction of sp³-hybridized carbons (Fsp3) is 0.875. The van der Waals surface area contributed by atoms with Gasteiger partial charge in [0, 0.05) is 24.9 Å². The van der Waals surface area contributed by atoms with Crippen LogP contribution in [0, 0.1) is 11.8 Å². The Hall–Kier alpha value is -1.06. The van der Waals surface area contributed by atoms with Crippen LogP contribution in [-0.2, 0) is 9.59 Å². The first-order valence-electron chi connectivity index (χ1n) is 8.24. The van der Waals surface area contributed by atoms with E-state index in [1.165, 1.54) is 0 Å². The molecule has 0 atom stereocenters. The Labute approximate surface area is 123 Å². The molecule has 0 aliphatic heterocycles. The Kier molecular flexibility index (Phi) is 8.31. The summed E-state index contributed by atoms with van der Waals surface area (Å²) >= 11 is 0. The number of rotatable bonds is 8. The molecule has 0 bridgehead atoms. The summed E-state index contributed by atoms with van der Waals surface area (Å²) in [7, 11) is 0. The Morgan fingerprint density at radius 3 is 1.45 bits per heavy atom. The number of carbonyl (C=O) groups excluding carboxylic acids is 2. The van der Waals surface area contributed by atoms with Crippen LogP contribution in [0.15, 0.2) is 0 Å². The Bertz CT molecular complexity index is 267. The second-order valence-corrected chi connectivity index (χ2v) is 5.84. The molecule has 0 aromatic heterocycles. The van der Waals surface area contributed by atoms with Crippen molar-refractivity contribution in [1.82, 2.24) is 10.6 Å². The normalized spacial score (nSPS) is 22.3. The van der Waals surface area contributed by atoms with Crippen molar-refractivity contribution in [2.45, 2.75) is 65.2 Å². The third kappa shape index (κ3) is 5.93. The van der Waals surface area contributed by atoms with Gasteiger partial charge in [-0.15, -0.1) is 0 Å². The Balaban J connectivity index is 2.21. The van der Waals surface area contributed by atoms with Gasteiger partial charge in [-0.25, -0.2) is 0 Å². The first kappa shape index (κ1) is 17.0. The summed E-state index contributed by atoms with van der Waals surface area (Å²) in [6.07, 6.45) is 7.69. The van der Waals surface area contributed by atoms with Gasteiger partial charge < -0.3 is 10.6 Å². The van der Waals surface area contributed by atoms with Gasteiger partial charge in [-0.2, -0.15) is 0 Å². The fourth-order valence-electron chi connectivity index (χ4n) is 2.68. The van der Waals surface area contributed by atoms with E-state index in [0.29, 0.717) is 0 Å². The maximum absolute atomic E-state index is 11.9. The van der Waals surface area contributed by atoms with E-state index in [2.05, 4.69) is 24.5 Å². The number of hydrogen-bond donors (Lipinski definition) is 2. The smallest absolute Gasteiger partial charge is 0.223 e. The summed E-state index contributed by atoms with van der Waals surface area (Å²) in [6, 6.07) is 0. The Morgan fingerprint density at radius 2 is 1.15 bits per heavy atom. The van der Waals surface area contributed by atoms with Crippen LogP contribution in [0.4, 0.5) is 0 Å². The average Bonchev–Trinajstić information content (AvgIpc) is 2.47. The highest BCUT2D eigenvalue weighted by Gasteiger charge is 2.29.